The summed E-state index contributed by atoms with van der Waals surface area (Å²) < 4.78 is 12.7. The van der Waals surface area contributed by atoms with Crippen LogP contribution in [0.4, 0.5) is 4.39 Å². The number of nitrogens with zero attached hydrogens (tertiary/aromatic N) is 1. The summed E-state index contributed by atoms with van der Waals surface area (Å²) >= 11 is 0. The molecule has 1 aromatic rings. The Morgan fingerprint density at radius 1 is 1.38 bits per heavy atom. The summed E-state index contributed by atoms with van der Waals surface area (Å²) in [5.74, 6) is -0.00640. The van der Waals surface area contributed by atoms with Gasteiger partial charge in [-0.05, 0) is 24.2 Å². The molecule has 1 rings (SSSR count). The zero-order chi connectivity index (χ0) is 12.0. The van der Waals surface area contributed by atoms with Gasteiger partial charge in [0.1, 0.15) is 5.82 Å². The van der Waals surface area contributed by atoms with Crippen LogP contribution in [0.25, 0.3) is 0 Å². The second-order valence-corrected chi connectivity index (χ2v) is 3.77. The minimum Gasteiger partial charge on any atom is -0.388 e. The van der Waals surface area contributed by atoms with Crippen molar-refractivity contribution in [3.05, 3.63) is 35.6 Å². The van der Waals surface area contributed by atoms with Gasteiger partial charge >= 0.3 is 0 Å². The number of nitrogens with two attached hydrogens (primary N) is 1. The summed E-state index contributed by atoms with van der Waals surface area (Å²) in [6, 6.07) is 6.50. The molecule has 0 saturated heterocycles. The third-order valence-electron chi connectivity index (χ3n) is 2.46. The van der Waals surface area contributed by atoms with Crippen LogP contribution in [0.5, 0.6) is 0 Å². The van der Waals surface area contributed by atoms with E-state index in [1.165, 1.54) is 12.1 Å². The summed E-state index contributed by atoms with van der Waals surface area (Å²) in [6.07, 6.45) is 0.578. The molecule has 0 aromatic heterocycles. The van der Waals surface area contributed by atoms with Crippen molar-refractivity contribution in [1.29, 1.82) is 5.41 Å². The van der Waals surface area contributed by atoms with Crippen LogP contribution in [0, 0.1) is 11.2 Å². The van der Waals surface area contributed by atoms with Gasteiger partial charge in [-0.1, -0.05) is 19.1 Å². The minimum atomic E-state index is -0.212. The molecule has 0 aliphatic carbocycles. The van der Waals surface area contributed by atoms with E-state index >= 15 is 0 Å². The number of rotatable bonds is 6. The molecule has 4 heteroatoms. The highest BCUT2D eigenvalue weighted by Gasteiger charge is 2.04. The van der Waals surface area contributed by atoms with Crippen LogP contribution in [0.15, 0.2) is 24.3 Å². The quantitative estimate of drug-likeness (QED) is 0.572. The van der Waals surface area contributed by atoms with E-state index in [0.717, 1.165) is 25.2 Å². The first-order valence-corrected chi connectivity index (χ1v) is 5.41. The van der Waals surface area contributed by atoms with Crippen molar-refractivity contribution in [1.82, 2.24) is 4.90 Å². The van der Waals surface area contributed by atoms with Crippen molar-refractivity contribution >= 4 is 5.84 Å². The van der Waals surface area contributed by atoms with E-state index in [2.05, 4.69) is 11.8 Å². The van der Waals surface area contributed by atoms with Crippen LogP contribution < -0.4 is 5.73 Å². The van der Waals surface area contributed by atoms with Crippen LogP contribution >= 0.6 is 0 Å². The molecular weight excluding hydrogens is 205 g/mol. The summed E-state index contributed by atoms with van der Waals surface area (Å²) in [6.45, 7) is 4.49. The maximum absolute atomic E-state index is 12.7. The summed E-state index contributed by atoms with van der Waals surface area (Å²) in [7, 11) is 0. The summed E-state index contributed by atoms with van der Waals surface area (Å²) in [5, 5.41) is 7.17. The number of halogens is 1. The SMILES string of the molecule is CCN(CCC(=N)N)Cc1ccc(F)cc1. The highest BCUT2D eigenvalue weighted by Crippen LogP contribution is 2.06. The lowest BCUT2D eigenvalue weighted by Crippen LogP contribution is -2.27. The lowest BCUT2D eigenvalue weighted by atomic mass is 10.2. The maximum atomic E-state index is 12.7. The van der Waals surface area contributed by atoms with E-state index < -0.39 is 0 Å². The van der Waals surface area contributed by atoms with Gasteiger partial charge in [0.2, 0.25) is 0 Å². The first-order chi connectivity index (χ1) is 7.61. The van der Waals surface area contributed by atoms with Crippen LogP contribution in [0.2, 0.25) is 0 Å². The van der Waals surface area contributed by atoms with Crippen LogP contribution in [-0.4, -0.2) is 23.8 Å². The molecule has 0 aliphatic heterocycles. The van der Waals surface area contributed by atoms with Crippen LogP contribution in [0.1, 0.15) is 18.9 Å². The second-order valence-electron chi connectivity index (χ2n) is 3.77. The molecule has 16 heavy (non-hydrogen) atoms. The summed E-state index contributed by atoms with van der Waals surface area (Å²) in [4.78, 5) is 2.18. The van der Waals surface area contributed by atoms with E-state index in [-0.39, 0.29) is 11.7 Å². The van der Waals surface area contributed by atoms with Gasteiger partial charge in [0.15, 0.2) is 0 Å². The Hall–Kier alpha value is -1.42. The Labute approximate surface area is 95.6 Å². The maximum Gasteiger partial charge on any atom is 0.123 e. The lowest BCUT2D eigenvalue weighted by Gasteiger charge is -2.19. The van der Waals surface area contributed by atoms with Crippen molar-refractivity contribution < 1.29 is 4.39 Å². The third kappa shape index (κ3) is 4.40. The lowest BCUT2D eigenvalue weighted by molar-refractivity contribution is 0.288. The fraction of sp³-hybridized carbons (Fsp3) is 0.417. The van der Waals surface area contributed by atoms with E-state index in [9.17, 15) is 4.39 Å². The van der Waals surface area contributed by atoms with E-state index in [1.807, 2.05) is 0 Å². The molecule has 0 heterocycles. The third-order valence-corrected chi connectivity index (χ3v) is 2.46. The van der Waals surface area contributed by atoms with Gasteiger partial charge < -0.3 is 5.73 Å². The average molecular weight is 223 g/mol. The minimum absolute atomic E-state index is 0.206. The highest BCUT2D eigenvalue weighted by molar-refractivity contribution is 5.76. The Bertz CT molecular complexity index is 335. The van der Waals surface area contributed by atoms with E-state index in [4.69, 9.17) is 11.1 Å². The van der Waals surface area contributed by atoms with Crippen molar-refractivity contribution in [2.24, 2.45) is 5.73 Å². The predicted octanol–water partition coefficient (Wildman–Crippen LogP) is 1.97. The van der Waals surface area contributed by atoms with Gasteiger partial charge in [-0.25, -0.2) is 4.39 Å². The number of hydrogen-bond donors (Lipinski definition) is 2. The zero-order valence-electron chi connectivity index (χ0n) is 9.54. The molecule has 88 valence electrons. The van der Waals surface area contributed by atoms with Crippen molar-refractivity contribution in [3.63, 3.8) is 0 Å². The van der Waals surface area contributed by atoms with Crippen molar-refractivity contribution in [3.8, 4) is 0 Å². The highest BCUT2D eigenvalue weighted by atomic mass is 19.1. The van der Waals surface area contributed by atoms with Crippen molar-refractivity contribution in [2.45, 2.75) is 19.9 Å². The first-order valence-electron chi connectivity index (χ1n) is 5.41. The van der Waals surface area contributed by atoms with E-state index in [0.29, 0.717) is 6.42 Å². The molecule has 0 fully saturated rings. The molecule has 0 radical (unpaired) electrons. The molecule has 0 amide bonds. The largest absolute Gasteiger partial charge is 0.388 e. The van der Waals surface area contributed by atoms with Gasteiger partial charge in [-0.3, -0.25) is 10.3 Å². The topological polar surface area (TPSA) is 53.1 Å². The standard InChI is InChI=1S/C12H18FN3/c1-2-16(8-7-12(14)15)9-10-3-5-11(13)6-4-10/h3-6H,2,7-9H2,1H3,(H3,14,15). The molecule has 3 N–H and O–H groups in total. The molecule has 1 aromatic carbocycles. The van der Waals surface area contributed by atoms with Gasteiger partial charge in [0.05, 0.1) is 5.84 Å². The van der Waals surface area contributed by atoms with Crippen molar-refractivity contribution in [2.75, 3.05) is 13.1 Å². The molecule has 0 bridgehead atoms. The number of amidine groups is 1. The predicted molar refractivity (Wildman–Crippen MR) is 63.9 cm³/mol. The molecule has 0 aliphatic rings. The van der Waals surface area contributed by atoms with Gasteiger partial charge in [-0.2, -0.15) is 0 Å². The molecule has 3 nitrogen and oxygen atoms in total. The van der Waals surface area contributed by atoms with Gasteiger partial charge in [-0.15, -0.1) is 0 Å². The monoisotopic (exact) mass is 223 g/mol. The van der Waals surface area contributed by atoms with Gasteiger partial charge in [0, 0.05) is 19.5 Å². The Morgan fingerprint density at radius 2 is 2.00 bits per heavy atom. The molecule has 0 unspecified atom stereocenters. The zero-order valence-corrected chi connectivity index (χ0v) is 9.54. The normalized spacial score (nSPS) is 10.7. The number of benzene rings is 1. The Morgan fingerprint density at radius 3 is 2.50 bits per heavy atom. The fourth-order valence-corrected chi connectivity index (χ4v) is 1.48. The average Bonchev–Trinajstić information content (AvgIpc) is 2.26. The Kier molecular flexibility index (Phi) is 4.92. The Balaban J connectivity index is 2.49. The first kappa shape index (κ1) is 12.6. The smallest absolute Gasteiger partial charge is 0.123 e. The molecule has 0 saturated carbocycles. The van der Waals surface area contributed by atoms with Crippen LogP contribution in [0.3, 0.4) is 0 Å². The number of hydrogen-bond acceptors (Lipinski definition) is 2. The molecular formula is C12H18FN3. The van der Waals surface area contributed by atoms with Gasteiger partial charge in [0.25, 0.3) is 0 Å². The van der Waals surface area contributed by atoms with E-state index in [1.54, 1.807) is 12.1 Å². The molecule has 0 spiro atoms. The molecule has 0 atom stereocenters. The summed E-state index contributed by atoms with van der Waals surface area (Å²) in [5.41, 5.74) is 6.39. The second kappa shape index (κ2) is 6.23. The fourth-order valence-electron chi connectivity index (χ4n) is 1.48. The van der Waals surface area contributed by atoms with Crippen LogP contribution in [-0.2, 0) is 6.54 Å². The number of nitrogens with one attached hydrogen (secondary N) is 1.